The molecule has 3 aromatic rings. The Bertz CT molecular complexity index is 775. The first-order chi connectivity index (χ1) is 9.67. The Morgan fingerprint density at radius 3 is 2.70 bits per heavy atom. The molecule has 3 rings (SSSR count). The number of rotatable bonds is 2. The lowest BCUT2D eigenvalue weighted by molar-refractivity contribution is 0.0594. The number of benzene rings is 1. The summed E-state index contributed by atoms with van der Waals surface area (Å²) in [5, 5.41) is 5.47. The molecule has 100 valence electrons. The van der Waals surface area contributed by atoms with Crippen LogP contribution in [0.3, 0.4) is 0 Å². The van der Waals surface area contributed by atoms with E-state index in [1.54, 1.807) is 16.9 Å². The zero-order chi connectivity index (χ0) is 14.1. The van der Waals surface area contributed by atoms with Crippen LogP contribution in [-0.2, 0) is 11.8 Å². The van der Waals surface area contributed by atoms with Crippen LogP contribution in [0.15, 0.2) is 42.7 Å². The van der Waals surface area contributed by atoms with Gasteiger partial charge in [-0.15, -0.1) is 0 Å². The van der Waals surface area contributed by atoms with Crippen LogP contribution >= 0.6 is 0 Å². The SMILES string of the molecule is COC(=O)c1ccc(-c2ccc3cn(C)nc3c2)cn1. The minimum absolute atomic E-state index is 0.301. The molecular formula is C15H13N3O2. The second kappa shape index (κ2) is 4.77. The van der Waals surface area contributed by atoms with Gasteiger partial charge in [0.25, 0.3) is 0 Å². The molecule has 0 atom stereocenters. The summed E-state index contributed by atoms with van der Waals surface area (Å²) in [5.41, 5.74) is 3.18. The Hall–Kier alpha value is -2.69. The first kappa shape index (κ1) is 12.3. The van der Waals surface area contributed by atoms with Gasteiger partial charge in [0.15, 0.2) is 0 Å². The Balaban J connectivity index is 1.99. The molecule has 20 heavy (non-hydrogen) atoms. The average Bonchev–Trinajstić information content (AvgIpc) is 2.85. The fraction of sp³-hybridized carbons (Fsp3) is 0.133. The number of hydrogen-bond acceptors (Lipinski definition) is 4. The molecule has 0 spiro atoms. The monoisotopic (exact) mass is 267 g/mol. The minimum Gasteiger partial charge on any atom is -0.464 e. The highest BCUT2D eigenvalue weighted by Gasteiger charge is 2.08. The lowest BCUT2D eigenvalue weighted by atomic mass is 10.1. The Morgan fingerprint density at radius 1 is 1.20 bits per heavy atom. The van der Waals surface area contributed by atoms with Gasteiger partial charge in [-0.05, 0) is 17.7 Å². The third-order valence-corrected chi connectivity index (χ3v) is 3.11. The average molecular weight is 267 g/mol. The number of aryl methyl sites for hydroxylation is 1. The number of carbonyl (C=O) groups is 1. The van der Waals surface area contributed by atoms with E-state index in [-0.39, 0.29) is 0 Å². The number of nitrogens with zero attached hydrogens (tertiary/aromatic N) is 3. The smallest absolute Gasteiger partial charge is 0.356 e. The lowest BCUT2D eigenvalue weighted by Gasteiger charge is -2.02. The molecule has 1 aromatic carbocycles. The molecule has 2 heterocycles. The summed E-state index contributed by atoms with van der Waals surface area (Å²) < 4.78 is 6.41. The van der Waals surface area contributed by atoms with E-state index in [2.05, 4.69) is 14.8 Å². The van der Waals surface area contributed by atoms with Gasteiger partial charge in [0.2, 0.25) is 0 Å². The van der Waals surface area contributed by atoms with Gasteiger partial charge >= 0.3 is 5.97 Å². The topological polar surface area (TPSA) is 57.0 Å². The second-order valence-electron chi connectivity index (χ2n) is 4.50. The maximum atomic E-state index is 11.3. The van der Waals surface area contributed by atoms with Crippen molar-refractivity contribution in [1.29, 1.82) is 0 Å². The van der Waals surface area contributed by atoms with E-state index in [4.69, 9.17) is 0 Å². The Morgan fingerprint density at radius 2 is 2.00 bits per heavy atom. The van der Waals surface area contributed by atoms with Crippen LogP contribution < -0.4 is 0 Å². The third-order valence-electron chi connectivity index (χ3n) is 3.11. The maximum Gasteiger partial charge on any atom is 0.356 e. The number of hydrogen-bond donors (Lipinski definition) is 0. The van der Waals surface area contributed by atoms with E-state index < -0.39 is 5.97 Å². The number of fused-ring (bicyclic) bond motifs is 1. The summed E-state index contributed by atoms with van der Waals surface area (Å²) in [6.45, 7) is 0. The molecule has 0 aliphatic heterocycles. The molecule has 0 saturated heterocycles. The van der Waals surface area contributed by atoms with Crippen molar-refractivity contribution >= 4 is 16.9 Å². The van der Waals surface area contributed by atoms with E-state index >= 15 is 0 Å². The minimum atomic E-state index is -0.434. The molecule has 0 radical (unpaired) electrons. The molecule has 2 aromatic heterocycles. The van der Waals surface area contributed by atoms with Crippen LogP contribution in [0.5, 0.6) is 0 Å². The highest BCUT2D eigenvalue weighted by Crippen LogP contribution is 2.23. The normalized spacial score (nSPS) is 10.7. The molecule has 5 heteroatoms. The summed E-state index contributed by atoms with van der Waals surface area (Å²) in [5.74, 6) is -0.434. The summed E-state index contributed by atoms with van der Waals surface area (Å²) >= 11 is 0. The Kier molecular flexibility index (Phi) is 2.95. The van der Waals surface area contributed by atoms with Crippen LogP contribution in [0.2, 0.25) is 0 Å². The van der Waals surface area contributed by atoms with Crippen molar-refractivity contribution in [2.45, 2.75) is 0 Å². The molecule has 0 aliphatic rings. The van der Waals surface area contributed by atoms with Crippen LogP contribution in [0.4, 0.5) is 0 Å². The number of ether oxygens (including phenoxy) is 1. The zero-order valence-corrected chi connectivity index (χ0v) is 11.2. The second-order valence-corrected chi connectivity index (χ2v) is 4.50. The summed E-state index contributed by atoms with van der Waals surface area (Å²) in [6.07, 6.45) is 3.63. The van der Waals surface area contributed by atoms with Crippen LogP contribution in [0.25, 0.3) is 22.0 Å². The van der Waals surface area contributed by atoms with Crippen molar-refractivity contribution in [2.75, 3.05) is 7.11 Å². The third kappa shape index (κ3) is 2.14. The van der Waals surface area contributed by atoms with Crippen molar-refractivity contribution < 1.29 is 9.53 Å². The molecule has 0 aliphatic carbocycles. The van der Waals surface area contributed by atoms with Gasteiger partial charge in [0.05, 0.1) is 12.6 Å². The van der Waals surface area contributed by atoms with Gasteiger partial charge in [-0.2, -0.15) is 5.10 Å². The van der Waals surface area contributed by atoms with Crippen LogP contribution in [0, 0.1) is 0 Å². The molecule has 0 bridgehead atoms. The summed E-state index contributed by atoms with van der Waals surface area (Å²) in [6, 6.07) is 9.54. The maximum absolute atomic E-state index is 11.3. The molecule has 0 amide bonds. The largest absolute Gasteiger partial charge is 0.464 e. The summed E-state index contributed by atoms with van der Waals surface area (Å²) in [4.78, 5) is 15.5. The van der Waals surface area contributed by atoms with Crippen LogP contribution in [-0.4, -0.2) is 27.8 Å². The van der Waals surface area contributed by atoms with Gasteiger partial charge < -0.3 is 4.74 Å². The van der Waals surface area contributed by atoms with Gasteiger partial charge in [-0.3, -0.25) is 4.68 Å². The van der Waals surface area contributed by atoms with E-state index in [1.165, 1.54) is 7.11 Å². The number of aromatic nitrogens is 3. The summed E-state index contributed by atoms with van der Waals surface area (Å²) in [7, 11) is 3.24. The number of carbonyl (C=O) groups excluding carboxylic acids is 1. The number of esters is 1. The van der Waals surface area contributed by atoms with Crippen molar-refractivity contribution in [1.82, 2.24) is 14.8 Å². The van der Waals surface area contributed by atoms with Crippen LogP contribution in [0.1, 0.15) is 10.5 Å². The fourth-order valence-electron chi connectivity index (χ4n) is 2.11. The molecule has 0 saturated carbocycles. The molecule has 0 N–H and O–H groups in total. The predicted octanol–water partition coefficient (Wildman–Crippen LogP) is 2.42. The first-order valence-corrected chi connectivity index (χ1v) is 6.15. The van der Waals surface area contributed by atoms with Gasteiger partial charge in [-0.25, -0.2) is 9.78 Å². The van der Waals surface area contributed by atoms with E-state index in [0.29, 0.717) is 5.69 Å². The molecule has 0 fully saturated rings. The van der Waals surface area contributed by atoms with Crippen molar-refractivity contribution in [3.05, 3.63) is 48.4 Å². The van der Waals surface area contributed by atoms with Gasteiger partial charge in [0.1, 0.15) is 5.69 Å². The standard InChI is InChI=1S/C15H13N3O2/c1-18-9-12-4-3-10(7-14(12)17-18)11-5-6-13(16-8-11)15(19)20-2/h3-9H,1-2H3. The highest BCUT2D eigenvalue weighted by atomic mass is 16.5. The van der Waals surface area contributed by atoms with E-state index in [0.717, 1.165) is 22.0 Å². The van der Waals surface area contributed by atoms with Crippen molar-refractivity contribution in [3.8, 4) is 11.1 Å². The van der Waals surface area contributed by atoms with E-state index in [1.807, 2.05) is 37.5 Å². The van der Waals surface area contributed by atoms with Crippen molar-refractivity contribution in [3.63, 3.8) is 0 Å². The predicted molar refractivity (Wildman–Crippen MR) is 75.3 cm³/mol. The quantitative estimate of drug-likeness (QED) is 0.669. The molecule has 0 unspecified atom stereocenters. The number of methoxy groups -OCH3 is 1. The zero-order valence-electron chi connectivity index (χ0n) is 11.2. The van der Waals surface area contributed by atoms with Gasteiger partial charge in [0, 0.05) is 30.4 Å². The fourth-order valence-corrected chi connectivity index (χ4v) is 2.11. The van der Waals surface area contributed by atoms with Gasteiger partial charge in [-0.1, -0.05) is 18.2 Å². The first-order valence-electron chi connectivity index (χ1n) is 6.15. The van der Waals surface area contributed by atoms with E-state index in [9.17, 15) is 4.79 Å². The van der Waals surface area contributed by atoms with Crippen molar-refractivity contribution in [2.24, 2.45) is 7.05 Å². The molecular weight excluding hydrogens is 254 g/mol. The number of pyridine rings is 1. The lowest BCUT2D eigenvalue weighted by Crippen LogP contribution is -2.03. The molecule has 5 nitrogen and oxygen atoms in total. The Labute approximate surface area is 115 Å². The highest BCUT2D eigenvalue weighted by molar-refractivity contribution is 5.88.